The van der Waals surface area contributed by atoms with Crippen LogP contribution in [0.1, 0.15) is 47.0 Å². The Morgan fingerprint density at radius 3 is 2.68 bits per heavy atom. The third-order valence-corrected chi connectivity index (χ3v) is 4.45. The van der Waals surface area contributed by atoms with E-state index in [-0.39, 0.29) is 5.97 Å². The molecule has 0 aromatic carbocycles. The molecule has 0 aromatic heterocycles. The number of likely N-dealkylation sites (tertiary alicyclic amines) is 1. The second kappa shape index (κ2) is 7.25. The van der Waals surface area contributed by atoms with E-state index in [9.17, 15) is 4.79 Å². The lowest BCUT2D eigenvalue weighted by molar-refractivity contribution is -0.150. The van der Waals surface area contributed by atoms with Gasteiger partial charge in [0.25, 0.3) is 0 Å². The molecule has 0 aliphatic carbocycles. The molecule has 19 heavy (non-hydrogen) atoms. The van der Waals surface area contributed by atoms with Crippen molar-refractivity contribution in [1.82, 2.24) is 10.2 Å². The average molecular weight is 270 g/mol. The Balaban J connectivity index is 2.51. The van der Waals surface area contributed by atoms with Crippen LogP contribution >= 0.6 is 0 Å². The van der Waals surface area contributed by atoms with Crippen LogP contribution in [0.25, 0.3) is 0 Å². The summed E-state index contributed by atoms with van der Waals surface area (Å²) < 4.78 is 5.16. The van der Waals surface area contributed by atoms with Gasteiger partial charge in [0.15, 0.2) is 0 Å². The van der Waals surface area contributed by atoms with Gasteiger partial charge < -0.3 is 15.0 Å². The van der Waals surface area contributed by atoms with E-state index < -0.39 is 5.54 Å². The summed E-state index contributed by atoms with van der Waals surface area (Å²) in [7, 11) is 1.83. The summed E-state index contributed by atoms with van der Waals surface area (Å²) in [6.45, 7) is 10.9. The number of nitrogens with one attached hydrogen (secondary N) is 1. The first-order valence-electron chi connectivity index (χ1n) is 7.53. The van der Waals surface area contributed by atoms with Gasteiger partial charge >= 0.3 is 5.97 Å². The van der Waals surface area contributed by atoms with Crippen LogP contribution in [0.2, 0.25) is 0 Å². The summed E-state index contributed by atoms with van der Waals surface area (Å²) >= 11 is 0. The molecule has 1 fully saturated rings. The summed E-state index contributed by atoms with van der Waals surface area (Å²) in [6, 6.07) is 0.618. The van der Waals surface area contributed by atoms with Crippen LogP contribution < -0.4 is 5.32 Å². The molecule has 1 aliphatic rings. The number of likely N-dealkylation sites (N-methyl/N-ethyl adjacent to an activating group) is 1. The van der Waals surface area contributed by atoms with Gasteiger partial charge in [-0.05, 0) is 59.5 Å². The van der Waals surface area contributed by atoms with Crippen LogP contribution in [-0.2, 0) is 9.53 Å². The van der Waals surface area contributed by atoms with Gasteiger partial charge in [0.05, 0.1) is 6.61 Å². The van der Waals surface area contributed by atoms with Crippen molar-refractivity contribution >= 4 is 5.97 Å². The third-order valence-electron chi connectivity index (χ3n) is 4.45. The molecule has 0 amide bonds. The van der Waals surface area contributed by atoms with Crippen molar-refractivity contribution < 1.29 is 9.53 Å². The molecule has 4 nitrogen and oxygen atoms in total. The molecule has 1 heterocycles. The summed E-state index contributed by atoms with van der Waals surface area (Å²) in [4.78, 5) is 14.5. The van der Waals surface area contributed by atoms with Gasteiger partial charge in [-0.25, -0.2) is 0 Å². The maximum Gasteiger partial charge on any atom is 0.326 e. The van der Waals surface area contributed by atoms with Gasteiger partial charge in [-0.2, -0.15) is 0 Å². The number of rotatable bonds is 6. The first kappa shape index (κ1) is 16.4. The molecule has 0 bridgehead atoms. The van der Waals surface area contributed by atoms with E-state index in [4.69, 9.17) is 4.74 Å². The van der Waals surface area contributed by atoms with E-state index in [0.717, 1.165) is 25.4 Å². The maximum absolute atomic E-state index is 12.0. The van der Waals surface area contributed by atoms with Gasteiger partial charge in [-0.3, -0.25) is 4.79 Å². The topological polar surface area (TPSA) is 41.6 Å². The lowest BCUT2D eigenvalue weighted by atomic mass is 9.91. The molecule has 4 heteroatoms. The minimum atomic E-state index is -0.571. The Morgan fingerprint density at radius 2 is 2.16 bits per heavy atom. The Bertz CT molecular complexity index is 296. The minimum absolute atomic E-state index is 0.143. The number of nitrogens with zero attached hydrogens (tertiary/aromatic N) is 1. The molecule has 1 aliphatic heterocycles. The predicted octanol–water partition coefficient (Wildman–Crippen LogP) is 2.04. The largest absolute Gasteiger partial charge is 0.465 e. The Kier molecular flexibility index (Phi) is 6.27. The highest BCUT2D eigenvalue weighted by Gasteiger charge is 2.34. The Labute approximate surface area is 117 Å². The van der Waals surface area contributed by atoms with E-state index in [1.807, 2.05) is 20.9 Å². The second-order valence-electron chi connectivity index (χ2n) is 6.07. The number of carbonyl (C=O) groups is 1. The molecule has 1 N–H and O–H groups in total. The fourth-order valence-corrected chi connectivity index (χ4v) is 2.77. The number of esters is 1. The first-order chi connectivity index (χ1) is 8.92. The van der Waals surface area contributed by atoms with Crippen molar-refractivity contribution in [2.75, 3.05) is 26.7 Å². The minimum Gasteiger partial charge on any atom is -0.465 e. The molecule has 0 spiro atoms. The van der Waals surface area contributed by atoms with Gasteiger partial charge in [0, 0.05) is 12.6 Å². The average Bonchev–Trinajstić information content (AvgIpc) is 2.37. The zero-order chi connectivity index (χ0) is 14.5. The Morgan fingerprint density at radius 1 is 1.47 bits per heavy atom. The molecule has 1 rings (SSSR count). The second-order valence-corrected chi connectivity index (χ2v) is 6.07. The normalized spacial score (nSPS) is 27.8. The number of piperidine rings is 1. The molecule has 0 radical (unpaired) electrons. The lowest BCUT2D eigenvalue weighted by Gasteiger charge is -2.38. The zero-order valence-electron chi connectivity index (χ0n) is 13.2. The van der Waals surface area contributed by atoms with Gasteiger partial charge in [0.2, 0.25) is 0 Å². The third kappa shape index (κ3) is 4.46. The van der Waals surface area contributed by atoms with Crippen LogP contribution in [-0.4, -0.2) is 49.2 Å². The van der Waals surface area contributed by atoms with Crippen molar-refractivity contribution in [3.05, 3.63) is 0 Å². The molecule has 0 aromatic rings. The zero-order valence-corrected chi connectivity index (χ0v) is 13.2. The lowest BCUT2D eigenvalue weighted by Crippen LogP contribution is -2.52. The van der Waals surface area contributed by atoms with E-state index in [0.29, 0.717) is 12.6 Å². The van der Waals surface area contributed by atoms with E-state index in [2.05, 4.69) is 24.1 Å². The monoisotopic (exact) mass is 270 g/mol. The van der Waals surface area contributed by atoms with Crippen molar-refractivity contribution in [3.8, 4) is 0 Å². The molecule has 3 unspecified atom stereocenters. The van der Waals surface area contributed by atoms with E-state index in [1.165, 1.54) is 12.8 Å². The number of carbonyl (C=O) groups excluding carboxylic acids is 1. The number of ether oxygens (including phenoxy) is 1. The molecule has 1 saturated heterocycles. The molecule has 3 atom stereocenters. The van der Waals surface area contributed by atoms with Crippen molar-refractivity contribution in [2.24, 2.45) is 5.92 Å². The number of hydrogen-bond donors (Lipinski definition) is 1. The van der Waals surface area contributed by atoms with Crippen molar-refractivity contribution in [2.45, 2.75) is 58.5 Å². The molecular weight excluding hydrogens is 240 g/mol. The number of hydrogen-bond acceptors (Lipinski definition) is 4. The molecule has 112 valence electrons. The summed E-state index contributed by atoms with van der Waals surface area (Å²) in [5, 5.41) is 3.13. The first-order valence-corrected chi connectivity index (χ1v) is 7.53. The Hall–Kier alpha value is -0.610. The van der Waals surface area contributed by atoms with Crippen LogP contribution in [0.5, 0.6) is 0 Å². The van der Waals surface area contributed by atoms with Gasteiger partial charge in [-0.1, -0.05) is 6.92 Å². The van der Waals surface area contributed by atoms with Gasteiger partial charge in [-0.15, -0.1) is 0 Å². The predicted molar refractivity (Wildman–Crippen MR) is 78.1 cm³/mol. The van der Waals surface area contributed by atoms with E-state index in [1.54, 1.807) is 0 Å². The highest BCUT2D eigenvalue weighted by atomic mass is 16.5. The van der Waals surface area contributed by atoms with Crippen molar-refractivity contribution in [3.63, 3.8) is 0 Å². The van der Waals surface area contributed by atoms with Crippen LogP contribution in [0.3, 0.4) is 0 Å². The molecule has 0 saturated carbocycles. The molecular formula is C15H30N2O2. The van der Waals surface area contributed by atoms with Crippen molar-refractivity contribution in [1.29, 1.82) is 0 Å². The summed E-state index contributed by atoms with van der Waals surface area (Å²) in [5.41, 5.74) is -0.571. The SMILES string of the molecule is CCOC(=O)C(C)(CCN1CCC(C)CC1C)NC. The van der Waals surface area contributed by atoms with Crippen LogP contribution in [0.4, 0.5) is 0 Å². The summed E-state index contributed by atoms with van der Waals surface area (Å²) in [5.74, 6) is 0.683. The smallest absolute Gasteiger partial charge is 0.326 e. The van der Waals surface area contributed by atoms with Crippen LogP contribution in [0, 0.1) is 5.92 Å². The van der Waals surface area contributed by atoms with E-state index >= 15 is 0 Å². The maximum atomic E-state index is 12.0. The fourth-order valence-electron chi connectivity index (χ4n) is 2.77. The quantitative estimate of drug-likeness (QED) is 0.750. The standard InChI is InChI=1S/C15H30N2O2/c1-6-19-14(18)15(4,16-5)8-10-17-9-7-12(2)11-13(17)3/h12-13,16H,6-11H2,1-5H3. The van der Waals surface area contributed by atoms with Crippen LogP contribution in [0.15, 0.2) is 0 Å². The highest BCUT2D eigenvalue weighted by molar-refractivity contribution is 5.80. The fraction of sp³-hybridized carbons (Fsp3) is 0.933. The summed E-state index contributed by atoms with van der Waals surface area (Å²) in [6.07, 6.45) is 3.32. The highest BCUT2D eigenvalue weighted by Crippen LogP contribution is 2.23. The van der Waals surface area contributed by atoms with Gasteiger partial charge in [0.1, 0.15) is 5.54 Å².